The minimum Gasteiger partial charge on any atom is -0.494 e. The Morgan fingerprint density at radius 1 is 1.28 bits per heavy atom. The van der Waals surface area contributed by atoms with Gasteiger partial charge in [-0.25, -0.2) is 4.98 Å². The number of fused-ring (bicyclic) bond motifs is 1. The summed E-state index contributed by atoms with van der Waals surface area (Å²) in [5.74, 6) is 0.914. The second-order valence-electron chi connectivity index (χ2n) is 6.49. The molecule has 2 saturated heterocycles. The van der Waals surface area contributed by atoms with E-state index in [0.29, 0.717) is 13.2 Å². The Morgan fingerprint density at radius 3 is 2.92 bits per heavy atom. The predicted octanol–water partition coefficient (Wildman–Crippen LogP) is 2.52. The zero-order valence-electron chi connectivity index (χ0n) is 14.4. The van der Waals surface area contributed by atoms with Crippen LogP contribution in [0.1, 0.15) is 19.3 Å². The third-order valence-corrected chi connectivity index (χ3v) is 5.95. The molecule has 2 aromatic rings. The van der Waals surface area contributed by atoms with Crippen LogP contribution in [-0.4, -0.2) is 61.8 Å². The molecule has 1 atom stereocenters. The van der Waals surface area contributed by atoms with Crippen LogP contribution < -0.4 is 9.64 Å². The summed E-state index contributed by atoms with van der Waals surface area (Å²) in [7, 11) is 1.66. The lowest BCUT2D eigenvalue weighted by atomic mass is 10.1. The SMILES string of the molecule is COc1cccc2sc(N3CCOC(C(=O)N4CCCCC4)C3)nc12. The number of thiazole rings is 1. The third-order valence-electron chi connectivity index (χ3n) is 4.87. The minimum absolute atomic E-state index is 0.128. The van der Waals surface area contributed by atoms with Crippen molar-refractivity contribution in [1.82, 2.24) is 9.88 Å². The monoisotopic (exact) mass is 361 g/mol. The van der Waals surface area contributed by atoms with E-state index in [9.17, 15) is 4.79 Å². The van der Waals surface area contributed by atoms with Gasteiger partial charge in [-0.1, -0.05) is 17.4 Å². The van der Waals surface area contributed by atoms with Gasteiger partial charge in [0.05, 0.1) is 25.0 Å². The Labute approximate surface area is 151 Å². The van der Waals surface area contributed by atoms with Gasteiger partial charge in [0.2, 0.25) is 0 Å². The molecule has 0 saturated carbocycles. The first-order chi connectivity index (χ1) is 12.3. The average Bonchev–Trinajstić information content (AvgIpc) is 3.12. The fraction of sp³-hybridized carbons (Fsp3) is 0.556. The van der Waals surface area contributed by atoms with Gasteiger partial charge in [-0.2, -0.15) is 0 Å². The fourth-order valence-corrected chi connectivity index (χ4v) is 4.52. The predicted molar refractivity (Wildman–Crippen MR) is 98.6 cm³/mol. The third kappa shape index (κ3) is 3.30. The van der Waals surface area contributed by atoms with Crippen molar-refractivity contribution < 1.29 is 14.3 Å². The molecule has 1 aromatic heterocycles. The minimum atomic E-state index is -0.388. The molecule has 25 heavy (non-hydrogen) atoms. The molecule has 0 spiro atoms. The second kappa shape index (κ2) is 7.17. The number of aromatic nitrogens is 1. The van der Waals surface area contributed by atoms with E-state index < -0.39 is 0 Å². The first-order valence-electron chi connectivity index (χ1n) is 8.85. The van der Waals surface area contributed by atoms with Crippen LogP contribution in [0.15, 0.2) is 18.2 Å². The van der Waals surface area contributed by atoms with Crippen molar-refractivity contribution >= 4 is 32.6 Å². The van der Waals surface area contributed by atoms with Gasteiger partial charge >= 0.3 is 0 Å². The molecule has 4 rings (SSSR count). The van der Waals surface area contributed by atoms with Crippen LogP contribution in [0.5, 0.6) is 5.75 Å². The second-order valence-corrected chi connectivity index (χ2v) is 7.50. The average molecular weight is 361 g/mol. The van der Waals surface area contributed by atoms with Crippen molar-refractivity contribution in [2.45, 2.75) is 25.4 Å². The van der Waals surface area contributed by atoms with Crippen molar-refractivity contribution in [1.29, 1.82) is 0 Å². The summed E-state index contributed by atoms with van der Waals surface area (Å²) in [6.45, 7) is 3.59. The number of nitrogens with zero attached hydrogens (tertiary/aromatic N) is 3. The zero-order valence-corrected chi connectivity index (χ0v) is 15.3. The lowest BCUT2D eigenvalue weighted by molar-refractivity contribution is -0.145. The van der Waals surface area contributed by atoms with Gasteiger partial charge in [0, 0.05) is 19.6 Å². The van der Waals surface area contributed by atoms with E-state index in [2.05, 4.69) is 11.0 Å². The molecule has 1 amide bonds. The summed E-state index contributed by atoms with van der Waals surface area (Å²) < 4.78 is 12.3. The van der Waals surface area contributed by atoms with Gasteiger partial charge in [0.15, 0.2) is 11.2 Å². The summed E-state index contributed by atoms with van der Waals surface area (Å²) in [6.07, 6.45) is 3.02. The molecule has 2 aliphatic rings. The number of rotatable bonds is 3. The van der Waals surface area contributed by atoms with Gasteiger partial charge in [-0.3, -0.25) is 4.79 Å². The van der Waals surface area contributed by atoms with E-state index >= 15 is 0 Å². The number of hydrogen-bond donors (Lipinski definition) is 0. The molecule has 3 heterocycles. The lowest BCUT2D eigenvalue weighted by Crippen LogP contribution is -2.52. The number of methoxy groups -OCH3 is 1. The topological polar surface area (TPSA) is 54.9 Å². The van der Waals surface area contributed by atoms with E-state index in [1.54, 1.807) is 18.4 Å². The van der Waals surface area contributed by atoms with E-state index in [1.165, 1.54) is 6.42 Å². The number of amides is 1. The molecule has 2 fully saturated rings. The highest BCUT2D eigenvalue weighted by atomic mass is 32.1. The van der Waals surface area contributed by atoms with Crippen LogP contribution in [0.4, 0.5) is 5.13 Å². The number of carbonyl (C=O) groups is 1. The summed E-state index contributed by atoms with van der Waals surface area (Å²) in [5, 5.41) is 0.930. The molecule has 0 aliphatic carbocycles. The molecule has 0 bridgehead atoms. The number of likely N-dealkylation sites (tertiary alicyclic amines) is 1. The number of para-hydroxylation sites is 1. The Kier molecular flexibility index (Phi) is 4.76. The molecule has 7 heteroatoms. The molecule has 2 aliphatic heterocycles. The molecular weight excluding hydrogens is 338 g/mol. The number of anilines is 1. The van der Waals surface area contributed by atoms with Gasteiger partial charge in [-0.15, -0.1) is 0 Å². The van der Waals surface area contributed by atoms with Crippen LogP contribution in [0.25, 0.3) is 10.2 Å². The van der Waals surface area contributed by atoms with E-state index in [-0.39, 0.29) is 12.0 Å². The van der Waals surface area contributed by atoms with Crippen LogP contribution >= 0.6 is 11.3 Å². The quantitative estimate of drug-likeness (QED) is 0.841. The Morgan fingerprint density at radius 2 is 2.12 bits per heavy atom. The molecule has 0 N–H and O–H groups in total. The van der Waals surface area contributed by atoms with Crippen LogP contribution in [0.2, 0.25) is 0 Å². The molecule has 134 valence electrons. The van der Waals surface area contributed by atoms with Crippen molar-refractivity contribution in [3.05, 3.63) is 18.2 Å². The number of benzene rings is 1. The highest BCUT2D eigenvalue weighted by Gasteiger charge is 2.32. The smallest absolute Gasteiger partial charge is 0.253 e. The Bertz CT molecular complexity index is 757. The van der Waals surface area contributed by atoms with E-state index in [4.69, 9.17) is 14.5 Å². The van der Waals surface area contributed by atoms with Gasteiger partial charge in [0.1, 0.15) is 11.3 Å². The first kappa shape index (κ1) is 16.6. The molecule has 1 aromatic carbocycles. The van der Waals surface area contributed by atoms with Crippen LogP contribution in [0.3, 0.4) is 0 Å². The fourth-order valence-electron chi connectivity index (χ4n) is 3.50. The highest BCUT2D eigenvalue weighted by Crippen LogP contribution is 2.34. The molecule has 1 unspecified atom stereocenters. The standard InChI is InChI=1S/C18H23N3O3S/c1-23-13-6-5-7-15-16(13)19-18(25-15)21-10-11-24-14(12-21)17(22)20-8-3-2-4-9-20/h5-7,14H,2-4,8-12H2,1H3. The van der Waals surface area contributed by atoms with Crippen molar-refractivity contribution in [2.75, 3.05) is 44.8 Å². The number of morpholine rings is 1. The summed E-state index contributed by atoms with van der Waals surface area (Å²) in [6, 6.07) is 5.95. The number of ether oxygens (including phenoxy) is 2. The van der Waals surface area contributed by atoms with Crippen molar-refractivity contribution in [2.24, 2.45) is 0 Å². The Balaban J connectivity index is 1.52. The van der Waals surface area contributed by atoms with Crippen molar-refractivity contribution in [3.63, 3.8) is 0 Å². The summed E-state index contributed by atoms with van der Waals surface area (Å²) in [4.78, 5) is 21.6. The normalized spacial score (nSPS) is 21.6. The van der Waals surface area contributed by atoms with Gasteiger partial charge in [-0.05, 0) is 31.4 Å². The van der Waals surface area contributed by atoms with E-state index in [0.717, 1.165) is 53.6 Å². The zero-order chi connectivity index (χ0) is 17.2. The van der Waals surface area contributed by atoms with Crippen LogP contribution in [-0.2, 0) is 9.53 Å². The number of piperidine rings is 1. The maximum atomic E-state index is 12.7. The maximum absolute atomic E-state index is 12.7. The Hall–Kier alpha value is -1.86. The molecule has 6 nitrogen and oxygen atoms in total. The first-order valence-corrected chi connectivity index (χ1v) is 9.67. The van der Waals surface area contributed by atoms with Crippen molar-refractivity contribution in [3.8, 4) is 5.75 Å². The summed E-state index contributed by atoms with van der Waals surface area (Å²) >= 11 is 1.64. The molecule has 0 radical (unpaired) electrons. The maximum Gasteiger partial charge on any atom is 0.253 e. The molecular formula is C18H23N3O3S. The largest absolute Gasteiger partial charge is 0.494 e. The number of carbonyl (C=O) groups excluding carboxylic acids is 1. The van der Waals surface area contributed by atoms with Gasteiger partial charge in [0.25, 0.3) is 5.91 Å². The summed E-state index contributed by atoms with van der Waals surface area (Å²) in [5.41, 5.74) is 0.885. The number of hydrogen-bond acceptors (Lipinski definition) is 6. The van der Waals surface area contributed by atoms with Crippen LogP contribution in [0, 0.1) is 0 Å². The van der Waals surface area contributed by atoms with Gasteiger partial charge < -0.3 is 19.3 Å². The van der Waals surface area contributed by atoms with E-state index in [1.807, 2.05) is 17.0 Å². The highest BCUT2D eigenvalue weighted by molar-refractivity contribution is 7.22. The lowest BCUT2D eigenvalue weighted by Gasteiger charge is -2.36.